The summed E-state index contributed by atoms with van der Waals surface area (Å²) in [6, 6.07) is 8.93. The molecule has 20 heavy (non-hydrogen) atoms. The van der Waals surface area contributed by atoms with Crippen LogP contribution in [0.25, 0.3) is 6.08 Å². The van der Waals surface area contributed by atoms with Crippen LogP contribution in [-0.2, 0) is 0 Å². The lowest BCUT2D eigenvalue weighted by Gasteiger charge is -2.47. The molecule has 104 valence electrons. The van der Waals surface area contributed by atoms with Crippen LogP contribution in [0.3, 0.4) is 0 Å². The van der Waals surface area contributed by atoms with Crippen molar-refractivity contribution in [2.45, 2.75) is 43.4 Å². The molecule has 0 N–H and O–H groups in total. The van der Waals surface area contributed by atoms with Gasteiger partial charge in [0.05, 0.1) is 8.07 Å². The number of hydrogen-bond donors (Lipinski definition) is 0. The highest BCUT2D eigenvalue weighted by atomic mass is 28.3. The van der Waals surface area contributed by atoms with E-state index in [-0.39, 0.29) is 0 Å². The van der Waals surface area contributed by atoms with Gasteiger partial charge < -0.3 is 0 Å². The number of allylic oxidation sites excluding steroid dienone is 5. The Bertz CT molecular complexity index is 588. The number of benzene rings is 1. The maximum absolute atomic E-state index is 2.59. The largest absolute Gasteiger partial charge is 0.0803 e. The zero-order chi connectivity index (χ0) is 14.4. The molecule has 0 nitrogen and oxygen atoms in total. The van der Waals surface area contributed by atoms with Gasteiger partial charge in [0.25, 0.3) is 0 Å². The van der Waals surface area contributed by atoms with Crippen molar-refractivity contribution in [3.63, 3.8) is 0 Å². The van der Waals surface area contributed by atoms with E-state index in [1.54, 1.807) is 5.56 Å². The Morgan fingerprint density at radius 3 is 2.25 bits per heavy atom. The van der Waals surface area contributed by atoms with Crippen molar-refractivity contribution in [3.8, 4) is 0 Å². The van der Waals surface area contributed by atoms with Crippen molar-refractivity contribution in [3.05, 3.63) is 65.8 Å². The van der Waals surface area contributed by atoms with Crippen LogP contribution in [0.15, 0.2) is 54.6 Å². The smallest absolute Gasteiger partial charge is 0.0788 e. The number of rotatable bonds is 2. The molecule has 2 aliphatic rings. The molecule has 0 bridgehead atoms. The van der Waals surface area contributed by atoms with Gasteiger partial charge in [-0.15, -0.1) is 0 Å². The predicted molar refractivity (Wildman–Crippen MR) is 91.6 cm³/mol. The molecule has 0 radical (unpaired) electrons. The Morgan fingerprint density at radius 2 is 1.60 bits per heavy atom. The van der Waals surface area contributed by atoms with Crippen molar-refractivity contribution >= 4 is 14.1 Å². The summed E-state index contributed by atoms with van der Waals surface area (Å²) in [7, 11) is -1.60. The molecular weight excluding hydrogens is 256 g/mol. The van der Waals surface area contributed by atoms with Gasteiger partial charge in [0.15, 0.2) is 0 Å². The van der Waals surface area contributed by atoms with Crippen LogP contribution in [0.5, 0.6) is 0 Å². The second kappa shape index (κ2) is 4.59. The van der Waals surface area contributed by atoms with Crippen LogP contribution in [0.4, 0.5) is 0 Å². The fourth-order valence-electron chi connectivity index (χ4n) is 3.78. The van der Waals surface area contributed by atoms with Gasteiger partial charge in [0.2, 0.25) is 0 Å². The minimum Gasteiger partial charge on any atom is -0.0803 e. The molecule has 2 aliphatic carbocycles. The van der Waals surface area contributed by atoms with Crippen LogP contribution in [0, 0.1) is 0 Å². The van der Waals surface area contributed by atoms with Gasteiger partial charge in [-0.3, -0.25) is 0 Å². The molecule has 3 rings (SSSR count). The summed E-state index contributed by atoms with van der Waals surface area (Å²) in [6.45, 7) is 9.91. The van der Waals surface area contributed by atoms with E-state index in [4.69, 9.17) is 0 Å². The van der Waals surface area contributed by atoms with Gasteiger partial charge in [0.1, 0.15) is 0 Å². The van der Waals surface area contributed by atoms with E-state index in [1.165, 1.54) is 5.56 Å². The second-order valence-electron chi connectivity index (χ2n) is 7.29. The maximum Gasteiger partial charge on any atom is 0.0788 e. The molecule has 2 unspecified atom stereocenters. The zero-order valence-corrected chi connectivity index (χ0v) is 13.9. The topological polar surface area (TPSA) is 0 Å². The first kappa shape index (κ1) is 13.6. The van der Waals surface area contributed by atoms with Crippen molar-refractivity contribution in [1.82, 2.24) is 0 Å². The molecule has 0 amide bonds. The molecule has 0 spiro atoms. The standard InChI is InChI=1S/C19H24Si/c1-19(2,3)20(4,16-10-6-7-11-16)18-14-13-15-9-5-8-12-17(15)18/h5-14,16,18H,1-4H3. The van der Waals surface area contributed by atoms with Crippen molar-refractivity contribution in [2.24, 2.45) is 0 Å². The summed E-state index contributed by atoms with van der Waals surface area (Å²) in [5, 5.41) is 0.364. The molecule has 0 aliphatic heterocycles. The summed E-state index contributed by atoms with van der Waals surface area (Å²) < 4.78 is 0. The minimum absolute atomic E-state index is 0.364. The highest BCUT2D eigenvalue weighted by Gasteiger charge is 2.51. The fraction of sp³-hybridized carbons (Fsp3) is 0.368. The molecule has 0 saturated carbocycles. The highest BCUT2D eigenvalue weighted by molar-refractivity contribution is 6.85. The normalized spacial score (nSPS) is 24.1. The Kier molecular flexibility index (Phi) is 3.13. The lowest BCUT2D eigenvalue weighted by Crippen LogP contribution is -2.49. The van der Waals surface area contributed by atoms with Crippen LogP contribution >= 0.6 is 0 Å². The summed E-state index contributed by atoms with van der Waals surface area (Å²) in [4.78, 5) is 0. The molecule has 0 saturated heterocycles. The van der Waals surface area contributed by atoms with Gasteiger partial charge in [-0.05, 0) is 27.2 Å². The van der Waals surface area contributed by atoms with E-state index >= 15 is 0 Å². The highest BCUT2D eigenvalue weighted by Crippen LogP contribution is 2.55. The SMILES string of the molecule is CC(C)(C)[Si](C)(C1C=CC=C1)C1C=Cc2ccccc21. The minimum atomic E-state index is -1.60. The Morgan fingerprint density at radius 1 is 0.950 bits per heavy atom. The van der Waals surface area contributed by atoms with Crippen LogP contribution in [-0.4, -0.2) is 8.07 Å². The lowest BCUT2D eigenvalue weighted by molar-refractivity contribution is 0.690. The summed E-state index contributed by atoms with van der Waals surface area (Å²) in [5.41, 5.74) is 4.23. The summed E-state index contributed by atoms with van der Waals surface area (Å²) >= 11 is 0. The summed E-state index contributed by atoms with van der Waals surface area (Å²) in [6.07, 6.45) is 14.1. The van der Waals surface area contributed by atoms with Gasteiger partial charge in [-0.1, -0.05) is 88.0 Å². The molecule has 1 aromatic rings. The average Bonchev–Trinajstić information content (AvgIpc) is 3.06. The van der Waals surface area contributed by atoms with Crippen LogP contribution in [0.1, 0.15) is 37.4 Å². The van der Waals surface area contributed by atoms with Gasteiger partial charge >= 0.3 is 0 Å². The van der Waals surface area contributed by atoms with Crippen molar-refractivity contribution in [1.29, 1.82) is 0 Å². The third-order valence-corrected chi connectivity index (χ3v) is 12.3. The van der Waals surface area contributed by atoms with Crippen LogP contribution < -0.4 is 0 Å². The molecule has 0 aromatic heterocycles. The first-order chi connectivity index (χ1) is 9.44. The lowest BCUT2D eigenvalue weighted by atomic mass is 10.1. The van der Waals surface area contributed by atoms with Gasteiger partial charge in [0, 0.05) is 0 Å². The second-order valence-corrected chi connectivity index (χ2v) is 12.6. The van der Waals surface area contributed by atoms with E-state index in [0.29, 0.717) is 16.1 Å². The molecule has 0 fully saturated rings. The monoisotopic (exact) mass is 280 g/mol. The Balaban J connectivity index is 2.11. The van der Waals surface area contributed by atoms with Gasteiger partial charge in [-0.25, -0.2) is 0 Å². The van der Waals surface area contributed by atoms with E-state index in [2.05, 4.69) is 88.0 Å². The third kappa shape index (κ3) is 1.88. The van der Waals surface area contributed by atoms with E-state index in [1.807, 2.05) is 0 Å². The van der Waals surface area contributed by atoms with E-state index in [0.717, 1.165) is 0 Å². The molecule has 1 aromatic carbocycles. The van der Waals surface area contributed by atoms with E-state index in [9.17, 15) is 0 Å². The van der Waals surface area contributed by atoms with Crippen LogP contribution in [0.2, 0.25) is 17.1 Å². The van der Waals surface area contributed by atoms with Crippen molar-refractivity contribution in [2.75, 3.05) is 0 Å². The van der Waals surface area contributed by atoms with Gasteiger partial charge in [-0.2, -0.15) is 0 Å². The number of hydrogen-bond acceptors (Lipinski definition) is 0. The zero-order valence-electron chi connectivity index (χ0n) is 12.9. The Labute approximate surface area is 123 Å². The Hall–Kier alpha value is -1.34. The third-order valence-electron chi connectivity index (χ3n) is 5.50. The molecule has 0 heterocycles. The first-order valence-electron chi connectivity index (χ1n) is 7.57. The molecule has 2 atom stereocenters. The fourth-order valence-corrected chi connectivity index (χ4v) is 8.55. The average molecular weight is 280 g/mol. The summed E-state index contributed by atoms with van der Waals surface area (Å²) in [5.74, 6) is 0. The van der Waals surface area contributed by atoms with Crippen molar-refractivity contribution < 1.29 is 0 Å². The van der Waals surface area contributed by atoms with E-state index < -0.39 is 8.07 Å². The first-order valence-corrected chi connectivity index (χ1v) is 10.2. The quantitative estimate of drug-likeness (QED) is 0.609. The molecular formula is C19H24Si. The predicted octanol–water partition coefficient (Wildman–Crippen LogP) is 5.71. The molecule has 1 heteroatoms. The maximum atomic E-state index is 2.59. The number of fused-ring (bicyclic) bond motifs is 1.